The Labute approximate surface area is 194 Å². The Bertz CT molecular complexity index is 1260. The predicted octanol–water partition coefficient (Wildman–Crippen LogP) is 4.08. The Kier molecular flexibility index (Phi) is 5.52. The second-order valence-corrected chi connectivity index (χ2v) is 8.80. The summed E-state index contributed by atoms with van der Waals surface area (Å²) in [6, 6.07) is 5.33. The van der Waals surface area contributed by atoms with Crippen molar-refractivity contribution in [1.29, 1.82) is 0 Å². The minimum absolute atomic E-state index is 0.0364. The molecule has 0 unspecified atom stereocenters. The third kappa shape index (κ3) is 4.12. The van der Waals surface area contributed by atoms with Crippen LogP contribution in [0.2, 0.25) is 0 Å². The minimum Gasteiger partial charge on any atom is -0.492 e. The molecule has 5 rings (SSSR count). The van der Waals surface area contributed by atoms with Crippen LogP contribution >= 0.6 is 0 Å². The molecule has 2 aliphatic heterocycles. The fourth-order valence-electron chi connectivity index (χ4n) is 4.71. The lowest BCUT2D eigenvalue weighted by molar-refractivity contribution is -0.137. The molecule has 0 aliphatic carbocycles. The zero-order valence-corrected chi connectivity index (χ0v) is 18.6. The summed E-state index contributed by atoms with van der Waals surface area (Å²) in [7, 11) is 0. The molecule has 0 saturated carbocycles. The molecule has 0 amide bonds. The number of fused-ring (bicyclic) bond motifs is 3. The van der Waals surface area contributed by atoms with Gasteiger partial charge in [-0.2, -0.15) is 13.2 Å². The summed E-state index contributed by atoms with van der Waals surface area (Å²) in [6.45, 7) is 3.21. The molecule has 0 radical (unpaired) electrons. The number of hydrogen-bond donors (Lipinski definition) is 3. The number of nitrogens with zero attached hydrogens (tertiary/aromatic N) is 2. The van der Waals surface area contributed by atoms with E-state index in [0.717, 1.165) is 17.7 Å². The number of aliphatic hydroxyl groups is 1. The van der Waals surface area contributed by atoms with Crippen LogP contribution in [0.5, 0.6) is 5.75 Å². The van der Waals surface area contributed by atoms with E-state index in [0.29, 0.717) is 78.5 Å². The van der Waals surface area contributed by atoms with Crippen molar-refractivity contribution < 1.29 is 27.8 Å². The number of alkyl halides is 3. The van der Waals surface area contributed by atoms with Gasteiger partial charge in [0.2, 0.25) is 0 Å². The molecule has 180 valence electrons. The fraction of sp³-hybridized carbons (Fsp3) is 0.417. The van der Waals surface area contributed by atoms with Gasteiger partial charge >= 0.3 is 6.18 Å². The molecule has 3 aromatic rings. The highest BCUT2D eigenvalue weighted by atomic mass is 19.4. The number of benzene rings is 2. The smallest absolute Gasteiger partial charge is 0.416 e. The Morgan fingerprint density at radius 3 is 2.62 bits per heavy atom. The number of aryl methyl sites for hydroxylation is 1. The number of nitrogen functional groups attached to an aromatic ring is 1. The number of nitrogens with one attached hydrogen (secondary N) is 1. The van der Waals surface area contributed by atoms with Gasteiger partial charge in [0, 0.05) is 61.2 Å². The Balaban J connectivity index is 1.57. The van der Waals surface area contributed by atoms with E-state index in [1.807, 2.05) is 6.07 Å². The van der Waals surface area contributed by atoms with Gasteiger partial charge in [0.15, 0.2) is 0 Å². The number of ether oxygens (including phenoxy) is 2. The standard InChI is InChI=1S/C24H25F3N4O3/c1-13-30-20-17-2-5-34-21(17)19(23(32)3-6-33-7-4-23)11-18(20)22(31-13)29-12-14-8-15(24(25,26)27)10-16(28)9-14/h8-11,32H,2-7,12,28H2,1H3,(H,29,30,31). The quantitative estimate of drug-likeness (QED) is 0.490. The SMILES string of the molecule is Cc1nc(NCc2cc(N)cc(C(F)(F)F)c2)c2cc(C3(O)CCOCC3)c3c(c2n1)CCO3. The van der Waals surface area contributed by atoms with Crippen LogP contribution in [0.4, 0.5) is 24.7 Å². The maximum Gasteiger partial charge on any atom is 0.416 e. The van der Waals surface area contributed by atoms with Crippen molar-refractivity contribution in [3.05, 3.63) is 52.3 Å². The first-order valence-corrected chi connectivity index (χ1v) is 11.1. The number of nitrogens with two attached hydrogens (primary N) is 1. The Hall–Kier alpha value is -3.11. The summed E-state index contributed by atoms with van der Waals surface area (Å²) in [5.41, 5.74) is 6.53. The van der Waals surface area contributed by atoms with Crippen LogP contribution in [0.3, 0.4) is 0 Å². The van der Waals surface area contributed by atoms with Crippen molar-refractivity contribution in [3.63, 3.8) is 0 Å². The molecule has 3 heterocycles. The monoisotopic (exact) mass is 474 g/mol. The van der Waals surface area contributed by atoms with Crippen molar-refractivity contribution in [1.82, 2.24) is 9.97 Å². The first kappa shape index (κ1) is 22.7. The van der Waals surface area contributed by atoms with Gasteiger partial charge in [-0.15, -0.1) is 0 Å². The predicted molar refractivity (Wildman–Crippen MR) is 121 cm³/mol. The average Bonchev–Trinajstić information content (AvgIpc) is 3.27. The zero-order valence-electron chi connectivity index (χ0n) is 18.6. The van der Waals surface area contributed by atoms with Gasteiger partial charge < -0.3 is 25.6 Å². The molecule has 34 heavy (non-hydrogen) atoms. The van der Waals surface area contributed by atoms with Crippen molar-refractivity contribution in [2.45, 2.75) is 44.5 Å². The molecular formula is C24H25F3N4O3. The molecule has 2 aromatic carbocycles. The summed E-state index contributed by atoms with van der Waals surface area (Å²) >= 11 is 0. The molecule has 10 heteroatoms. The van der Waals surface area contributed by atoms with Crippen molar-refractivity contribution >= 4 is 22.4 Å². The van der Waals surface area contributed by atoms with E-state index in [1.54, 1.807) is 6.92 Å². The topological polar surface area (TPSA) is 103 Å². The molecule has 7 nitrogen and oxygen atoms in total. The molecule has 0 atom stereocenters. The van der Waals surface area contributed by atoms with Gasteiger partial charge in [0.05, 0.1) is 23.3 Å². The van der Waals surface area contributed by atoms with Crippen molar-refractivity contribution in [3.8, 4) is 5.75 Å². The van der Waals surface area contributed by atoms with Crippen molar-refractivity contribution in [2.24, 2.45) is 0 Å². The number of anilines is 2. The van der Waals surface area contributed by atoms with E-state index in [9.17, 15) is 18.3 Å². The Morgan fingerprint density at radius 1 is 1.12 bits per heavy atom. The van der Waals surface area contributed by atoms with Crippen LogP contribution in [-0.2, 0) is 29.5 Å². The highest BCUT2D eigenvalue weighted by molar-refractivity contribution is 5.94. The second-order valence-electron chi connectivity index (χ2n) is 8.80. The normalized spacial score (nSPS) is 17.4. The van der Waals surface area contributed by atoms with E-state index in [2.05, 4.69) is 15.3 Å². The maximum absolute atomic E-state index is 13.2. The summed E-state index contributed by atoms with van der Waals surface area (Å²) in [6.07, 6.45) is -2.97. The maximum atomic E-state index is 13.2. The highest BCUT2D eigenvalue weighted by Crippen LogP contribution is 2.45. The van der Waals surface area contributed by atoms with Crippen LogP contribution in [0.1, 0.15) is 40.9 Å². The summed E-state index contributed by atoms with van der Waals surface area (Å²) < 4.78 is 51.0. The van der Waals surface area contributed by atoms with Gasteiger partial charge in [-0.05, 0) is 36.8 Å². The second kappa shape index (κ2) is 8.28. The molecule has 4 N–H and O–H groups in total. The summed E-state index contributed by atoms with van der Waals surface area (Å²) in [4.78, 5) is 9.15. The summed E-state index contributed by atoms with van der Waals surface area (Å²) in [5, 5.41) is 15.3. The number of rotatable bonds is 4. The minimum atomic E-state index is -4.49. The van der Waals surface area contributed by atoms with E-state index in [-0.39, 0.29) is 12.2 Å². The molecule has 1 fully saturated rings. The number of aromatic nitrogens is 2. The highest BCUT2D eigenvalue weighted by Gasteiger charge is 2.38. The molecule has 0 bridgehead atoms. The van der Waals surface area contributed by atoms with Gasteiger partial charge in [0.1, 0.15) is 17.4 Å². The lowest BCUT2D eigenvalue weighted by Gasteiger charge is -2.33. The largest absolute Gasteiger partial charge is 0.492 e. The first-order chi connectivity index (χ1) is 16.1. The molecule has 0 spiro atoms. The molecule has 2 aliphatic rings. The number of hydrogen-bond acceptors (Lipinski definition) is 7. The molecule has 1 aromatic heterocycles. The fourth-order valence-corrected chi connectivity index (χ4v) is 4.71. The molecular weight excluding hydrogens is 449 g/mol. The van der Waals surface area contributed by atoms with Crippen LogP contribution in [0.25, 0.3) is 10.9 Å². The van der Waals surface area contributed by atoms with Crippen LogP contribution in [0, 0.1) is 6.92 Å². The third-order valence-corrected chi connectivity index (χ3v) is 6.37. The van der Waals surface area contributed by atoms with Gasteiger partial charge in [-0.1, -0.05) is 0 Å². The third-order valence-electron chi connectivity index (χ3n) is 6.37. The van der Waals surface area contributed by atoms with Gasteiger partial charge in [-0.3, -0.25) is 0 Å². The molecule has 1 saturated heterocycles. The van der Waals surface area contributed by atoms with E-state index < -0.39 is 17.3 Å². The summed E-state index contributed by atoms with van der Waals surface area (Å²) in [5.74, 6) is 1.65. The van der Waals surface area contributed by atoms with E-state index in [1.165, 1.54) is 6.07 Å². The van der Waals surface area contributed by atoms with Gasteiger partial charge in [-0.25, -0.2) is 9.97 Å². The Morgan fingerprint density at radius 2 is 1.88 bits per heavy atom. The van der Waals surface area contributed by atoms with Gasteiger partial charge in [0.25, 0.3) is 0 Å². The van der Waals surface area contributed by atoms with E-state index >= 15 is 0 Å². The average molecular weight is 474 g/mol. The number of halogens is 3. The van der Waals surface area contributed by atoms with Crippen molar-refractivity contribution in [2.75, 3.05) is 30.9 Å². The van der Waals surface area contributed by atoms with Crippen LogP contribution < -0.4 is 15.8 Å². The first-order valence-electron chi connectivity index (χ1n) is 11.1. The van der Waals surface area contributed by atoms with E-state index in [4.69, 9.17) is 15.2 Å². The van der Waals surface area contributed by atoms with Crippen LogP contribution in [-0.4, -0.2) is 34.9 Å². The zero-order chi connectivity index (χ0) is 24.1. The lowest BCUT2D eigenvalue weighted by Crippen LogP contribution is -2.33. The lowest BCUT2D eigenvalue weighted by atomic mass is 9.84. The van der Waals surface area contributed by atoms with Crippen LogP contribution in [0.15, 0.2) is 24.3 Å².